The Morgan fingerprint density at radius 1 is 1.22 bits per heavy atom. The van der Waals surface area contributed by atoms with Crippen LogP contribution in [-0.4, -0.2) is 42.9 Å². The minimum Gasteiger partial charge on any atom is -0.344 e. The summed E-state index contributed by atoms with van der Waals surface area (Å²) >= 11 is 1.56. The van der Waals surface area contributed by atoms with Gasteiger partial charge >= 0.3 is 0 Å². The molecule has 3 aromatic rings. The zero-order chi connectivity index (χ0) is 19.6. The van der Waals surface area contributed by atoms with E-state index in [1.807, 2.05) is 24.4 Å². The molecular weight excluding hydrogens is 384 g/mol. The van der Waals surface area contributed by atoms with E-state index >= 15 is 0 Å². The van der Waals surface area contributed by atoms with E-state index in [2.05, 4.69) is 15.5 Å². The van der Waals surface area contributed by atoms with E-state index in [1.54, 1.807) is 29.5 Å². The fraction of sp³-hybridized carbons (Fsp3) is 0.222. The summed E-state index contributed by atoms with van der Waals surface area (Å²) in [5.41, 5.74) is 1.90. The highest BCUT2D eigenvalue weighted by Gasteiger charge is 2.19. The van der Waals surface area contributed by atoms with Crippen LogP contribution in [0.15, 0.2) is 52.7 Å². The maximum absolute atomic E-state index is 12.4. The molecular formula is C18H20N4O3S2. The molecule has 0 saturated heterocycles. The van der Waals surface area contributed by atoms with E-state index in [0.29, 0.717) is 5.69 Å². The molecule has 0 fully saturated rings. The van der Waals surface area contributed by atoms with Gasteiger partial charge in [-0.2, -0.15) is 5.10 Å². The smallest absolute Gasteiger partial charge is 0.272 e. The predicted molar refractivity (Wildman–Crippen MR) is 105 cm³/mol. The van der Waals surface area contributed by atoms with Gasteiger partial charge in [0, 0.05) is 14.1 Å². The molecule has 1 amide bonds. The Hall–Kier alpha value is -2.49. The molecule has 1 unspecified atom stereocenters. The number of sulfonamides is 1. The Balaban J connectivity index is 1.70. The molecule has 142 valence electrons. The second kappa shape index (κ2) is 7.63. The summed E-state index contributed by atoms with van der Waals surface area (Å²) in [4.78, 5) is 13.7. The number of hydrogen-bond acceptors (Lipinski definition) is 5. The molecule has 1 atom stereocenters. The highest BCUT2D eigenvalue weighted by atomic mass is 32.2. The minimum atomic E-state index is -3.47. The van der Waals surface area contributed by atoms with Crippen molar-refractivity contribution in [3.05, 3.63) is 59.1 Å². The highest BCUT2D eigenvalue weighted by Crippen LogP contribution is 2.23. The van der Waals surface area contributed by atoms with Crippen LogP contribution in [0.5, 0.6) is 0 Å². The van der Waals surface area contributed by atoms with Crippen LogP contribution in [0.2, 0.25) is 0 Å². The van der Waals surface area contributed by atoms with E-state index < -0.39 is 10.0 Å². The summed E-state index contributed by atoms with van der Waals surface area (Å²) < 4.78 is 25.4. The van der Waals surface area contributed by atoms with E-state index in [9.17, 15) is 13.2 Å². The van der Waals surface area contributed by atoms with Gasteiger partial charge in [0.15, 0.2) is 5.69 Å². The van der Waals surface area contributed by atoms with Gasteiger partial charge in [0.1, 0.15) is 0 Å². The van der Waals surface area contributed by atoms with Gasteiger partial charge in [0.05, 0.1) is 21.5 Å². The Kier molecular flexibility index (Phi) is 5.45. The van der Waals surface area contributed by atoms with E-state index in [-0.39, 0.29) is 16.8 Å². The van der Waals surface area contributed by atoms with Gasteiger partial charge in [-0.05, 0) is 42.1 Å². The molecule has 0 spiro atoms. The van der Waals surface area contributed by atoms with Crippen LogP contribution in [0.25, 0.3) is 10.6 Å². The third-order valence-electron chi connectivity index (χ3n) is 4.10. The van der Waals surface area contributed by atoms with Crippen molar-refractivity contribution in [1.29, 1.82) is 0 Å². The maximum Gasteiger partial charge on any atom is 0.272 e. The average Bonchev–Trinajstić information content (AvgIpc) is 3.33. The van der Waals surface area contributed by atoms with Gasteiger partial charge in [-0.1, -0.05) is 18.2 Å². The van der Waals surface area contributed by atoms with Crippen molar-refractivity contribution in [2.45, 2.75) is 17.9 Å². The number of nitrogens with one attached hydrogen (secondary N) is 2. The fourth-order valence-corrected chi connectivity index (χ4v) is 4.08. The topological polar surface area (TPSA) is 95.2 Å². The van der Waals surface area contributed by atoms with Crippen LogP contribution in [0, 0.1) is 0 Å². The predicted octanol–water partition coefficient (Wildman–Crippen LogP) is 2.88. The van der Waals surface area contributed by atoms with Crippen LogP contribution in [0.1, 0.15) is 29.0 Å². The number of nitrogens with zero attached hydrogens (tertiary/aromatic N) is 2. The van der Waals surface area contributed by atoms with Crippen LogP contribution in [0.3, 0.4) is 0 Å². The second-order valence-corrected chi connectivity index (χ2v) is 9.30. The standard InChI is InChI=1S/C18H20N4O3S2/c1-12(13-6-8-14(9-7-13)27(24,25)22(2)3)19-18(23)16-11-15(20-21-16)17-5-4-10-26-17/h4-12H,1-3H3,(H,19,23)(H,20,21). The summed E-state index contributed by atoms with van der Waals surface area (Å²) in [5, 5.41) is 11.8. The second-order valence-electron chi connectivity index (χ2n) is 6.20. The summed E-state index contributed by atoms with van der Waals surface area (Å²) in [6.45, 7) is 1.83. The maximum atomic E-state index is 12.4. The number of aromatic nitrogens is 2. The summed E-state index contributed by atoms with van der Waals surface area (Å²) in [6.07, 6.45) is 0. The van der Waals surface area contributed by atoms with Crippen LogP contribution in [0.4, 0.5) is 0 Å². The van der Waals surface area contributed by atoms with Crippen molar-refractivity contribution in [2.75, 3.05) is 14.1 Å². The molecule has 0 aliphatic rings. The lowest BCUT2D eigenvalue weighted by atomic mass is 10.1. The molecule has 0 radical (unpaired) electrons. The third-order valence-corrected chi connectivity index (χ3v) is 6.84. The molecule has 7 nitrogen and oxygen atoms in total. The van der Waals surface area contributed by atoms with Crippen molar-refractivity contribution in [3.63, 3.8) is 0 Å². The van der Waals surface area contributed by atoms with Gasteiger partial charge in [-0.25, -0.2) is 12.7 Å². The SMILES string of the molecule is CC(NC(=O)c1cc(-c2cccs2)[nH]n1)c1ccc(S(=O)(=O)N(C)C)cc1. The fourth-order valence-electron chi connectivity index (χ4n) is 2.49. The lowest BCUT2D eigenvalue weighted by Gasteiger charge is -2.15. The van der Waals surface area contributed by atoms with Crippen LogP contribution in [-0.2, 0) is 10.0 Å². The quantitative estimate of drug-likeness (QED) is 0.660. The molecule has 0 saturated carbocycles. The number of H-pyrrole nitrogens is 1. The first-order valence-electron chi connectivity index (χ1n) is 8.21. The molecule has 2 heterocycles. The van der Waals surface area contributed by atoms with E-state index in [1.165, 1.54) is 26.2 Å². The molecule has 27 heavy (non-hydrogen) atoms. The van der Waals surface area contributed by atoms with Crippen LogP contribution < -0.4 is 5.32 Å². The number of carbonyl (C=O) groups is 1. The first-order chi connectivity index (χ1) is 12.8. The first kappa shape index (κ1) is 19.3. The zero-order valence-electron chi connectivity index (χ0n) is 15.1. The Morgan fingerprint density at radius 3 is 2.52 bits per heavy atom. The number of aromatic amines is 1. The summed E-state index contributed by atoms with van der Waals surface area (Å²) in [7, 11) is -0.498. The van der Waals surface area contributed by atoms with Crippen molar-refractivity contribution in [3.8, 4) is 10.6 Å². The number of benzene rings is 1. The summed E-state index contributed by atoms with van der Waals surface area (Å²) in [5.74, 6) is -0.299. The van der Waals surface area contributed by atoms with Gasteiger partial charge < -0.3 is 5.32 Å². The number of amides is 1. The lowest BCUT2D eigenvalue weighted by Crippen LogP contribution is -2.27. The van der Waals surface area contributed by atoms with Gasteiger partial charge in [-0.3, -0.25) is 9.89 Å². The van der Waals surface area contributed by atoms with Gasteiger partial charge in [0.25, 0.3) is 5.91 Å². The largest absolute Gasteiger partial charge is 0.344 e. The Morgan fingerprint density at radius 2 is 1.93 bits per heavy atom. The minimum absolute atomic E-state index is 0.211. The van der Waals surface area contributed by atoms with Gasteiger partial charge in [-0.15, -0.1) is 11.3 Å². The number of hydrogen-bond donors (Lipinski definition) is 2. The van der Waals surface area contributed by atoms with E-state index in [0.717, 1.165) is 20.4 Å². The normalized spacial score (nSPS) is 12.9. The van der Waals surface area contributed by atoms with E-state index in [4.69, 9.17) is 0 Å². The molecule has 1 aromatic carbocycles. The molecule has 2 aromatic heterocycles. The van der Waals surface area contributed by atoms with Crippen LogP contribution >= 0.6 is 11.3 Å². The molecule has 2 N–H and O–H groups in total. The molecule has 9 heteroatoms. The monoisotopic (exact) mass is 404 g/mol. The third kappa shape index (κ3) is 4.10. The molecule has 0 aliphatic carbocycles. The zero-order valence-corrected chi connectivity index (χ0v) is 16.8. The summed E-state index contributed by atoms with van der Waals surface area (Å²) in [6, 6.07) is 11.8. The van der Waals surface area contributed by atoms with Crippen molar-refractivity contribution < 1.29 is 13.2 Å². The number of carbonyl (C=O) groups excluding carboxylic acids is 1. The van der Waals surface area contributed by atoms with Crippen molar-refractivity contribution >= 4 is 27.3 Å². The molecule has 0 aliphatic heterocycles. The average molecular weight is 405 g/mol. The number of rotatable bonds is 6. The van der Waals surface area contributed by atoms with Crippen molar-refractivity contribution in [1.82, 2.24) is 19.8 Å². The Bertz CT molecular complexity index is 1020. The number of thiophene rings is 1. The van der Waals surface area contributed by atoms with Gasteiger partial charge in [0.2, 0.25) is 10.0 Å². The first-order valence-corrected chi connectivity index (χ1v) is 10.5. The molecule has 3 rings (SSSR count). The highest BCUT2D eigenvalue weighted by molar-refractivity contribution is 7.89. The van der Waals surface area contributed by atoms with Crippen molar-refractivity contribution in [2.24, 2.45) is 0 Å². The lowest BCUT2D eigenvalue weighted by molar-refractivity contribution is 0.0935. The Labute approximate surface area is 162 Å². The molecule has 0 bridgehead atoms.